The van der Waals surface area contributed by atoms with E-state index in [2.05, 4.69) is 23.3 Å². The lowest BCUT2D eigenvalue weighted by molar-refractivity contribution is 0.320. The zero-order chi connectivity index (χ0) is 10.0. The van der Waals surface area contributed by atoms with Crippen LogP contribution in [0.3, 0.4) is 0 Å². The van der Waals surface area contributed by atoms with Gasteiger partial charge in [0.25, 0.3) is 0 Å². The molecule has 1 aliphatic heterocycles. The van der Waals surface area contributed by atoms with Crippen molar-refractivity contribution in [2.24, 2.45) is 0 Å². The molecule has 14 heavy (non-hydrogen) atoms. The van der Waals surface area contributed by atoms with Crippen molar-refractivity contribution >= 4 is 17.3 Å². The molecule has 1 spiro atoms. The third-order valence-electron chi connectivity index (χ3n) is 3.02. The average molecular weight is 208 g/mol. The fraction of sp³-hybridized carbons (Fsp3) is 0.545. The van der Waals surface area contributed by atoms with Crippen molar-refractivity contribution in [1.29, 1.82) is 0 Å². The Balaban J connectivity index is 2.24. The summed E-state index contributed by atoms with van der Waals surface area (Å²) < 4.78 is 0. The topological polar surface area (TPSA) is 24.1 Å². The third kappa shape index (κ3) is 1.82. The molecule has 0 bridgehead atoms. The minimum Gasteiger partial charge on any atom is -0.353 e. The third-order valence-corrected chi connectivity index (χ3v) is 3.22. The van der Waals surface area contributed by atoms with Crippen LogP contribution in [0.5, 0.6) is 0 Å². The van der Waals surface area contributed by atoms with E-state index in [1.807, 2.05) is 6.08 Å². The fourth-order valence-corrected chi connectivity index (χ4v) is 2.64. The largest absolute Gasteiger partial charge is 0.353 e. The van der Waals surface area contributed by atoms with E-state index in [1.165, 1.54) is 32.1 Å². The van der Waals surface area contributed by atoms with Crippen LogP contribution in [-0.4, -0.2) is 10.7 Å². The summed E-state index contributed by atoms with van der Waals surface area (Å²) in [6, 6.07) is 0. The molecule has 2 rings (SSSR count). The normalized spacial score (nSPS) is 24.9. The summed E-state index contributed by atoms with van der Waals surface area (Å²) in [6.45, 7) is 3.78. The van der Waals surface area contributed by atoms with Gasteiger partial charge in [-0.2, -0.15) is 0 Å². The minimum absolute atomic E-state index is 0.115. The van der Waals surface area contributed by atoms with Gasteiger partial charge in [-0.25, -0.2) is 0 Å². The zero-order valence-corrected chi connectivity index (χ0v) is 9.12. The van der Waals surface area contributed by atoms with Crippen LogP contribution in [0.1, 0.15) is 32.1 Å². The van der Waals surface area contributed by atoms with Crippen molar-refractivity contribution in [1.82, 2.24) is 10.6 Å². The molecular weight excluding hydrogens is 192 g/mol. The quantitative estimate of drug-likeness (QED) is 0.646. The second-order valence-corrected chi connectivity index (χ2v) is 4.51. The van der Waals surface area contributed by atoms with Crippen LogP contribution in [0.15, 0.2) is 24.4 Å². The van der Waals surface area contributed by atoms with Gasteiger partial charge in [-0.1, -0.05) is 25.8 Å². The molecule has 76 valence electrons. The molecule has 1 heterocycles. The number of rotatable bonds is 1. The number of hydrogen-bond donors (Lipinski definition) is 2. The molecule has 0 atom stereocenters. The molecular formula is C11H16N2S. The summed E-state index contributed by atoms with van der Waals surface area (Å²) in [5.41, 5.74) is 1.17. The van der Waals surface area contributed by atoms with Gasteiger partial charge in [0.1, 0.15) is 0 Å². The van der Waals surface area contributed by atoms with Crippen molar-refractivity contribution in [2.45, 2.75) is 37.6 Å². The van der Waals surface area contributed by atoms with Crippen LogP contribution in [0, 0.1) is 0 Å². The summed E-state index contributed by atoms with van der Waals surface area (Å²) in [6.07, 6.45) is 10.4. The summed E-state index contributed by atoms with van der Waals surface area (Å²) in [7, 11) is 0. The molecule has 2 aliphatic rings. The lowest BCUT2D eigenvalue weighted by Crippen LogP contribution is -2.55. The molecule has 0 amide bonds. The van der Waals surface area contributed by atoms with Gasteiger partial charge >= 0.3 is 0 Å². The van der Waals surface area contributed by atoms with Gasteiger partial charge in [0.2, 0.25) is 0 Å². The average Bonchev–Trinajstić information content (AvgIpc) is 2.17. The summed E-state index contributed by atoms with van der Waals surface area (Å²) >= 11 is 5.19. The van der Waals surface area contributed by atoms with Crippen LogP contribution >= 0.6 is 12.2 Å². The van der Waals surface area contributed by atoms with E-state index >= 15 is 0 Å². The molecule has 2 N–H and O–H groups in total. The highest BCUT2D eigenvalue weighted by Gasteiger charge is 2.33. The van der Waals surface area contributed by atoms with Crippen LogP contribution < -0.4 is 10.6 Å². The number of nitrogens with one attached hydrogen (secondary N) is 2. The Morgan fingerprint density at radius 3 is 2.71 bits per heavy atom. The van der Waals surface area contributed by atoms with Gasteiger partial charge in [-0.15, -0.1) is 0 Å². The van der Waals surface area contributed by atoms with Crippen molar-refractivity contribution < 1.29 is 0 Å². The molecule has 0 aromatic carbocycles. The summed E-state index contributed by atoms with van der Waals surface area (Å²) in [5, 5.41) is 7.23. The highest BCUT2D eigenvalue weighted by atomic mass is 32.1. The SMILES string of the molecule is C=CC1=CC2(CCCCC2)NC(=S)N1. The van der Waals surface area contributed by atoms with E-state index in [9.17, 15) is 0 Å². The Hall–Kier alpha value is -0.830. The lowest BCUT2D eigenvalue weighted by Gasteiger charge is -2.40. The predicted octanol–water partition coefficient (Wildman–Crippen LogP) is 2.24. The van der Waals surface area contributed by atoms with Gasteiger partial charge in [-0.3, -0.25) is 0 Å². The van der Waals surface area contributed by atoms with Gasteiger partial charge < -0.3 is 10.6 Å². The second-order valence-electron chi connectivity index (χ2n) is 4.10. The van der Waals surface area contributed by atoms with Crippen molar-refractivity contribution in [3.05, 3.63) is 24.4 Å². The maximum atomic E-state index is 5.19. The van der Waals surface area contributed by atoms with Crippen LogP contribution in [0.2, 0.25) is 0 Å². The second kappa shape index (κ2) is 3.73. The number of allylic oxidation sites excluding steroid dienone is 1. The Labute approximate surface area is 90.5 Å². The lowest BCUT2D eigenvalue weighted by atomic mass is 9.80. The molecule has 1 saturated carbocycles. The maximum absolute atomic E-state index is 5.19. The van der Waals surface area contributed by atoms with E-state index in [4.69, 9.17) is 12.2 Å². The van der Waals surface area contributed by atoms with Crippen molar-refractivity contribution in [3.8, 4) is 0 Å². The Bertz CT molecular complexity index is 288. The van der Waals surface area contributed by atoms with Crippen LogP contribution in [0.4, 0.5) is 0 Å². The Kier molecular flexibility index (Phi) is 2.59. The number of hydrogen-bond acceptors (Lipinski definition) is 1. The molecule has 0 unspecified atom stereocenters. The molecule has 1 aliphatic carbocycles. The fourth-order valence-electron chi connectivity index (χ4n) is 2.32. The van der Waals surface area contributed by atoms with E-state index in [0.717, 1.165) is 10.8 Å². The van der Waals surface area contributed by atoms with Crippen LogP contribution in [-0.2, 0) is 0 Å². The van der Waals surface area contributed by atoms with E-state index in [0.29, 0.717) is 0 Å². The standard InChI is InChI=1S/C11H16N2S/c1-2-9-8-11(13-10(14)12-9)6-4-3-5-7-11/h2,8H,1,3-7H2,(H2,12,13,14). The van der Waals surface area contributed by atoms with Gasteiger partial charge in [0.15, 0.2) is 5.11 Å². The predicted molar refractivity (Wildman–Crippen MR) is 63.0 cm³/mol. The summed E-state index contributed by atoms with van der Waals surface area (Å²) in [4.78, 5) is 0. The molecule has 0 aromatic heterocycles. The summed E-state index contributed by atoms with van der Waals surface area (Å²) in [5.74, 6) is 0. The Morgan fingerprint density at radius 2 is 2.07 bits per heavy atom. The minimum atomic E-state index is 0.115. The van der Waals surface area contributed by atoms with Gasteiger partial charge in [-0.05, 0) is 37.2 Å². The monoisotopic (exact) mass is 208 g/mol. The first kappa shape index (κ1) is 9.71. The molecule has 1 fully saturated rings. The van der Waals surface area contributed by atoms with Crippen LogP contribution in [0.25, 0.3) is 0 Å². The number of thiocarbonyl (C=S) groups is 1. The molecule has 0 radical (unpaired) electrons. The zero-order valence-electron chi connectivity index (χ0n) is 8.31. The van der Waals surface area contributed by atoms with Gasteiger partial charge in [0.05, 0.1) is 5.54 Å². The first-order valence-electron chi connectivity index (χ1n) is 5.19. The van der Waals surface area contributed by atoms with Crippen molar-refractivity contribution in [2.75, 3.05) is 0 Å². The van der Waals surface area contributed by atoms with Gasteiger partial charge in [0, 0.05) is 5.70 Å². The van der Waals surface area contributed by atoms with E-state index in [1.54, 1.807) is 0 Å². The highest BCUT2D eigenvalue weighted by Crippen LogP contribution is 2.31. The van der Waals surface area contributed by atoms with E-state index < -0.39 is 0 Å². The Morgan fingerprint density at radius 1 is 1.36 bits per heavy atom. The molecule has 2 nitrogen and oxygen atoms in total. The first-order valence-corrected chi connectivity index (χ1v) is 5.59. The first-order chi connectivity index (χ1) is 6.74. The van der Waals surface area contributed by atoms with Crippen molar-refractivity contribution in [3.63, 3.8) is 0 Å². The highest BCUT2D eigenvalue weighted by molar-refractivity contribution is 7.80. The molecule has 3 heteroatoms. The molecule has 0 aromatic rings. The molecule has 0 saturated heterocycles. The van der Waals surface area contributed by atoms with E-state index in [-0.39, 0.29) is 5.54 Å². The smallest absolute Gasteiger partial charge is 0.171 e. The maximum Gasteiger partial charge on any atom is 0.171 e.